The van der Waals surface area contributed by atoms with E-state index in [9.17, 15) is 10.2 Å². The van der Waals surface area contributed by atoms with E-state index in [1.807, 2.05) is 0 Å². The number of β-amino-alcohol motifs (C(OH)–C–C–N with tert-alkyl or cyclic N) is 1. The average Bonchev–Trinajstić information content (AvgIpc) is 3.07. The molecule has 0 aromatic heterocycles. The van der Waals surface area contributed by atoms with Crippen molar-refractivity contribution in [1.82, 2.24) is 10.2 Å². The molecule has 1 aromatic rings. The molecule has 4 rings (SSSR count). The summed E-state index contributed by atoms with van der Waals surface area (Å²) in [5.41, 5.74) is 1.87. The van der Waals surface area contributed by atoms with Crippen molar-refractivity contribution in [2.45, 2.75) is 43.3 Å². The Hall–Kier alpha value is -1.14. The molecule has 0 radical (unpaired) electrons. The van der Waals surface area contributed by atoms with Crippen LogP contribution in [0, 0.1) is 5.92 Å². The SMILES string of the molecule is OC(CN1CCC(C2CNc3ccccc32)CC1)C1(O)CCNCC1. The molecule has 3 aliphatic rings. The van der Waals surface area contributed by atoms with Crippen LogP contribution >= 0.6 is 0 Å². The van der Waals surface area contributed by atoms with Crippen molar-refractivity contribution in [2.75, 3.05) is 44.6 Å². The standard InChI is InChI=1S/C20H31N3O2/c24-19(20(25)7-9-21-10-8-20)14-23-11-5-15(6-12-23)17-13-22-18-4-2-1-3-16(17)18/h1-4,15,17,19,21-22,24-25H,5-14H2. The molecule has 2 unspecified atom stereocenters. The number of nitrogens with zero attached hydrogens (tertiary/aromatic N) is 1. The number of hydrogen-bond donors (Lipinski definition) is 4. The normalized spacial score (nSPS) is 28.3. The summed E-state index contributed by atoms with van der Waals surface area (Å²) in [7, 11) is 0. The van der Waals surface area contributed by atoms with E-state index in [1.165, 1.54) is 24.1 Å². The smallest absolute Gasteiger partial charge is 0.0954 e. The minimum Gasteiger partial charge on any atom is -0.389 e. The number of hydrogen-bond acceptors (Lipinski definition) is 5. The second-order valence-electron chi connectivity index (χ2n) is 8.08. The third-order valence-electron chi connectivity index (χ3n) is 6.59. The Labute approximate surface area is 150 Å². The zero-order chi connectivity index (χ0) is 17.3. The maximum Gasteiger partial charge on any atom is 0.0954 e. The molecule has 2 saturated heterocycles. The Morgan fingerprint density at radius 3 is 2.64 bits per heavy atom. The van der Waals surface area contributed by atoms with Crippen LogP contribution < -0.4 is 10.6 Å². The fraction of sp³-hybridized carbons (Fsp3) is 0.700. The highest BCUT2D eigenvalue weighted by Gasteiger charge is 2.39. The maximum absolute atomic E-state index is 10.7. The zero-order valence-electron chi connectivity index (χ0n) is 15.0. The molecule has 25 heavy (non-hydrogen) atoms. The highest BCUT2D eigenvalue weighted by Crippen LogP contribution is 2.40. The van der Waals surface area contributed by atoms with E-state index < -0.39 is 11.7 Å². The van der Waals surface area contributed by atoms with Crippen molar-refractivity contribution >= 4 is 5.69 Å². The van der Waals surface area contributed by atoms with Gasteiger partial charge in [0.15, 0.2) is 0 Å². The lowest BCUT2D eigenvalue weighted by Gasteiger charge is -2.41. The Morgan fingerprint density at radius 2 is 1.88 bits per heavy atom. The first kappa shape index (κ1) is 17.3. The molecular weight excluding hydrogens is 314 g/mol. The number of likely N-dealkylation sites (tertiary alicyclic amines) is 1. The van der Waals surface area contributed by atoms with Crippen LogP contribution in [-0.4, -0.2) is 66.1 Å². The summed E-state index contributed by atoms with van der Waals surface area (Å²) in [6, 6.07) is 8.69. The van der Waals surface area contributed by atoms with Crippen molar-refractivity contribution in [1.29, 1.82) is 0 Å². The van der Waals surface area contributed by atoms with Crippen LogP contribution in [0.3, 0.4) is 0 Å². The van der Waals surface area contributed by atoms with Crippen LogP contribution in [0.2, 0.25) is 0 Å². The molecule has 5 heteroatoms. The second kappa shape index (κ2) is 7.23. The number of para-hydroxylation sites is 1. The number of benzene rings is 1. The molecule has 0 aliphatic carbocycles. The molecule has 2 fully saturated rings. The van der Waals surface area contributed by atoms with Gasteiger partial charge in [-0.15, -0.1) is 0 Å². The summed E-state index contributed by atoms with van der Waals surface area (Å²) in [5, 5.41) is 28.0. The molecule has 2 atom stereocenters. The van der Waals surface area contributed by atoms with Gasteiger partial charge in [0.05, 0.1) is 11.7 Å². The van der Waals surface area contributed by atoms with Gasteiger partial charge in [0.2, 0.25) is 0 Å². The van der Waals surface area contributed by atoms with Gasteiger partial charge < -0.3 is 25.7 Å². The van der Waals surface area contributed by atoms with E-state index >= 15 is 0 Å². The molecule has 0 spiro atoms. The molecule has 0 amide bonds. The van der Waals surface area contributed by atoms with Gasteiger partial charge in [0, 0.05) is 24.7 Å². The van der Waals surface area contributed by atoms with Crippen LogP contribution in [0.4, 0.5) is 5.69 Å². The highest BCUT2D eigenvalue weighted by atomic mass is 16.3. The van der Waals surface area contributed by atoms with Crippen molar-refractivity contribution < 1.29 is 10.2 Å². The monoisotopic (exact) mass is 345 g/mol. The Balaban J connectivity index is 1.30. The van der Waals surface area contributed by atoms with Gasteiger partial charge >= 0.3 is 0 Å². The van der Waals surface area contributed by atoms with Gasteiger partial charge in [0.25, 0.3) is 0 Å². The number of nitrogens with one attached hydrogen (secondary N) is 2. The molecular formula is C20H31N3O2. The third kappa shape index (κ3) is 3.56. The summed E-state index contributed by atoms with van der Waals surface area (Å²) in [6.07, 6.45) is 3.01. The quantitative estimate of drug-likeness (QED) is 0.664. The van der Waals surface area contributed by atoms with E-state index in [0.29, 0.717) is 31.2 Å². The van der Waals surface area contributed by atoms with Crippen molar-refractivity contribution in [3.8, 4) is 0 Å². The Kier molecular flexibility index (Phi) is 5.00. The van der Waals surface area contributed by atoms with Gasteiger partial charge in [-0.05, 0) is 69.4 Å². The van der Waals surface area contributed by atoms with E-state index in [0.717, 1.165) is 32.7 Å². The zero-order valence-corrected chi connectivity index (χ0v) is 15.0. The Bertz CT molecular complexity index is 580. The first-order valence-corrected chi connectivity index (χ1v) is 9.82. The van der Waals surface area contributed by atoms with Crippen molar-refractivity contribution in [3.05, 3.63) is 29.8 Å². The van der Waals surface area contributed by atoms with E-state index in [4.69, 9.17) is 0 Å². The van der Waals surface area contributed by atoms with Crippen LogP contribution in [0.15, 0.2) is 24.3 Å². The van der Waals surface area contributed by atoms with Crippen LogP contribution in [0.25, 0.3) is 0 Å². The number of aliphatic hydroxyl groups excluding tert-OH is 1. The predicted molar refractivity (Wildman–Crippen MR) is 99.9 cm³/mol. The third-order valence-corrected chi connectivity index (χ3v) is 6.59. The van der Waals surface area contributed by atoms with Gasteiger partial charge in [0.1, 0.15) is 0 Å². The first-order valence-electron chi connectivity index (χ1n) is 9.82. The first-order chi connectivity index (χ1) is 12.2. The predicted octanol–water partition coefficient (Wildman–Crippen LogP) is 1.38. The summed E-state index contributed by atoms with van der Waals surface area (Å²) in [5.74, 6) is 1.34. The molecule has 0 bridgehead atoms. The summed E-state index contributed by atoms with van der Waals surface area (Å²) < 4.78 is 0. The van der Waals surface area contributed by atoms with Crippen molar-refractivity contribution in [2.24, 2.45) is 5.92 Å². The average molecular weight is 345 g/mol. The van der Waals surface area contributed by atoms with E-state index in [1.54, 1.807) is 0 Å². The number of aliphatic hydroxyl groups is 2. The van der Waals surface area contributed by atoms with Gasteiger partial charge in [-0.2, -0.15) is 0 Å². The van der Waals surface area contributed by atoms with Crippen LogP contribution in [0.5, 0.6) is 0 Å². The minimum absolute atomic E-state index is 0.600. The summed E-state index contributed by atoms with van der Waals surface area (Å²) >= 11 is 0. The lowest BCUT2D eigenvalue weighted by atomic mass is 9.80. The van der Waals surface area contributed by atoms with Crippen LogP contribution in [-0.2, 0) is 0 Å². The summed E-state index contributed by atoms with van der Waals surface area (Å²) in [6.45, 7) is 5.29. The van der Waals surface area contributed by atoms with Crippen LogP contribution in [0.1, 0.15) is 37.2 Å². The largest absolute Gasteiger partial charge is 0.389 e. The number of anilines is 1. The van der Waals surface area contributed by atoms with E-state index in [2.05, 4.69) is 39.8 Å². The number of rotatable bonds is 4. The lowest BCUT2D eigenvalue weighted by Crippen LogP contribution is -2.54. The molecule has 5 nitrogen and oxygen atoms in total. The van der Waals surface area contributed by atoms with Gasteiger partial charge in [-0.3, -0.25) is 0 Å². The molecule has 0 saturated carbocycles. The molecule has 3 aliphatic heterocycles. The van der Waals surface area contributed by atoms with Gasteiger partial charge in [-0.1, -0.05) is 18.2 Å². The summed E-state index contributed by atoms with van der Waals surface area (Å²) in [4.78, 5) is 2.34. The maximum atomic E-state index is 10.7. The Morgan fingerprint density at radius 1 is 1.16 bits per heavy atom. The van der Waals surface area contributed by atoms with Gasteiger partial charge in [-0.25, -0.2) is 0 Å². The molecule has 1 aromatic carbocycles. The topological polar surface area (TPSA) is 67.8 Å². The lowest BCUT2D eigenvalue weighted by molar-refractivity contribution is -0.104. The number of piperidine rings is 2. The number of fused-ring (bicyclic) bond motifs is 1. The highest BCUT2D eigenvalue weighted by molar-refractivity contribution is 5.57. The molecule has 138 valence electrons. The van der Waals surface area contributed by atoms with E-state index in [-0.39, 0.29) is 0 Å². The fourth-order valence-corrected chi connectivity index (χ4v) is 4.88. The molecule has 4 N–H and O–H groups in total. The fourth-order valence-electron chi connectivity index (χ4n) is 4.88. The molecule has 3 heterocycles. The second-order valence-corrected chi connectivity index (χ2v) is 8.08. The van der Waals surface area contributed by atoms with Crippen molar-refractivity contribution in [3.63, 3.8) is 0 Å². The minimum atomic E-state index is -0.906.